The van der Waals surface area contributed by atoms with E-state index in [1.165, 1.54) is 21.9 Å². The quantitative estimate of drug-likeness (QED) is 0.863. The van der Waals surface area contributed by atoms with Gasteiger partial charge in [-0.3, -0.25) is 0 Å². The summed E-state index contributed by atoms with van der Waals surface area (Å²) in [7, 11) is -3.10. The highest BCUT2D eigenvalue weighted by Crippen LogP contribution is 2.28. The molecule has 0 unspecified atom stereocenters. The first kappa shape index (κ1) is 15.7. The Morgan fingerprint density at radius 2 is 1.95 bits per heavy atom. The van der Waals surface area contributed by atoms with Gasteiger partial charge in [0.2, 0.25) is 10.0 Å². The summed E-state index contributed by atoms with van der Waals surface area (Å²) in [5.41, 5.74) is 0.973. The van der Waals surface area contributed by atoms with Crippen LogP contribution in [0.25, 0.3) is 0 Å². The maximum absolute atomic E-state index is 11.5. The summed E-state index contributed by atoms with van der Waals surface area (Å²) in [5, 5.41) is 10.3. The second-order valence-electron chi connectivity index (χ2n) is 4.92. The van der Waals surface area contributed by atoms with E-state index in [-0.39, 0.29) is 6.61 Å². The predicted octanol–water partition coefficient (Wildman–Crippen LogP) is 0.670. The number of aliphatic hydroxyl groups is 1. The Kier molecular flexibility index (Phi) is 5.00. The van der Waals surface area contributed by atoms with Gasteiger partial charge in [0.25, 0.3) is 0 Å². The van der Waals surface area contributed by atoms with Crippen molar-refractivity contribution >= 4 is 26.5 Å². The Labute approximate surface area is 124 Å². The average Bonchev–Trinajstić information content (AvgIpc) is 2.81. The van der Waals surface area contributed by atoms with Crippen LogP contribution in [-0.4, -0.2) is 55.2 Å². The fourth-order valence-electron chi connectivity index (χ4n) is 2.27. The van der Waals surface area contributed by atoms with Gasteiger partial charge in [-0.25, -0.2) is 13.4 Å². The second-order valence-corrected chi connectivity index (χ2v) is 7.97. The lowest BCUT2D eigenvalue weighted by atomic mass is 10.2. The minimum absolute atomic E-state index is 0.0241. The van der Waals surface area contributed by atoms with Gasteiger partial charge in [0, 0.05) is 26.2 Å². The highest BCUT2D eigenvalue weighted by Gasteiger charge is 2.25. The van der Waals surface area contributed by atoms with Crippen LogP contribution in [0.15, 0.2) is 0 Å². The molecule has 0 aliphatic carbocycles. The van der Waals surface area contributed by atoms with Crippen LogP contribution in [0.4, 0.5) is 5.13 Å². The standard InChI is InChI=1S/C12H21N3O3S2/c1-3-4-10-11(9-16)19-12(13-10)14-5-7-15(8-6-14)20(2,17)18/h16H,3-9H2,1-2H3. The highest BCUT2D eigenvalue weighted by atomic mass is 32.2. The third-order valence-corrected chi connectivity index (χ3v) is 5.82. The molecule has 2 heterocycles. The van der Waals surface area contributed by atoms with Crippen molar-refractivity contribution in [3.05, 3.63) is 10.6 Å². The Morgan fingerprint density at radius 3 is 2.45 bits per heavy atom. The first-order valence-electron chi connectivity index (χ1n) is 6.75. The molecular formula is C12H21N3O3S2. The Balaban J connectivity index is 2.07. The number of aliphatic hydroxyl groups excluding tert-OH is 1. The molecule has 0 aromatic carbocycles. The molecule has 1 fully saturated rings. The average molecular weight is 319 g/mol. The zero-order valence-electron chi connectivity index (χ0n) is 11.9. The van der Waals surface area contributed by atoms with Crippen molar-refractivity contribution in [2.45, 2.75) is 26.4 Å². The van der Waals surface area contributed by atoms with Crippen molar-refractivity contribution in [2.75, 3.05) is 37.3 Å². The number of hydrogen-bond acceptors (Lipinski definition) is 6. The zero-order valence-corrected chi connectivity index (χ0v) is 13.5. The Hall–Kier alpha value is -0.700. The second kappa shape index (κ2) is 6.38. The molecule has 114 valence electrons. The van der Waals surface area contributed by atoms with Crippen LogP contribution in [0, 0.1) is 0 Å². The van der Waals surface area contributed by atoms with Crippen LogP contribution in [0.2, 0.25) is 0 Å². The normalized spacial score (nSPS) is 17.6. The smallest absolute Gasteiger partial charge is 0.211 e. The van der Waals surface area contributed by atoms with E-state index >= 15 is 0 Å². The molecule has 6 nitrogen and oxygen atoms in total. The Bertz CT molecular complexity index is 548. The molecule has 1 N–H and O–H groups in total. The number of piperazine rings is 1. The van der Waals surface area contributed by atoms with Gasteiger partial charge in [-0.1, -0.05) is 24.7 Å². The predicted molar refractivity (Wildman–Crippen MR) is 80.7 cm³/mol. The van der Waals surface area contributed by atoms with E-state index in [0.29, 0.717) is 26.2 Å². The van der Waals surface area contributed by atoms with Gasteiger partial charge < -0.3 is 10.0 Å². The molecule has 0 atom stereocenters. The molecule has 1 aromatic rings. The monoisotopic (exact) mass is 319 g/mol. The summed E-state index contributed by atoms with van der Waals surface area (Å²) in [5.74, 6) is 0. The van der Waals surface area contributed by atoms with Crippen LogP contribution in [0.5, 0.6) is 0 Å². The summed E-state index contributed by atoms with van der Waals surface area (Å²) >= 11 is 1.51. The minimum Gasteiger partial charge on any atom is -0.391 e. The lowest BCUT2D eigenvalue weighted by molar-refractivity contribution is 0.284. The molecule has 0 saturated carbocycles. The van der Waals surface area contributed by atoms with E-state index in [1.807, 2.05) is 0 Å². The van der Waals surface area contributed by atoms with Crippen molar-refractivity contribution in [3.63, 3.8) is 0 Å². The van der Waals surface area contributed by atoms with Gasteiger partial charge in [-0.15, -0.1) is 0 Å². The largest absolute Gasteiger partial charge is 0.391 e. The van der Waals surface area contributed by atoms with Gasteiger partial charge in [0.15, 0.2) is 5.13 Å². The van der Waals surface area contributed by atoms with Crippen LogP contribution in [-0.2, 0) is 23.1 Å². The highest BCUT2D eigenvalue weighted by molar-refractivity contribution is 7.88. The Morgan fingerprint density at radius 1 is 1.30 bits per heavy atom. The van der Waals surface area contributed by atoms with Crippen LogP contribution in [0.3, 0.4) is 0 Å². The van der Waals surface area contributed by atoms with Crippen molar-refractivity contribution in [3.8, 4) is 0 Å². The van der Waals surface area contributed by atoms with Gasteiger partial charge in [-0.2, -0.15) is 4.31 Å². The van der Waals surface area contributed by atoms with Crippen LogP contribution in [0.1, 0.15) is 23.9 Å². The van der Waals surface area contributed by atoms with Crippen molar-refractivity contribution in [1.82, 2.24) is 9.29 Å². The summed E-state index contributed by atoms with van der Waals surface area (Å²) in [6.07, 6.45) is 3.11. The van der Waals surface area contributed by atoms with Gasteiger partial charge in [-0.05, 0) is 6.42 Å². The van der Waals surface area contributed by atoms with Crippen molar-refractivity contribution in [2.24, 2.45) is 0 Å². The molecule has 1 saturated heterocycles. The molecule has 0 amide bonds. The first-order valence-corrected chi connectivity index (χ1v) is 9.41. The molecular weight excluding hydrogens is 298 g/mol. The lowest BCUT2D eigenvalue weighted by Crippen LogP contribution is -2.48. The number of aryl methyl sites for hydroxylation is 1. The fraction of sp³-hybridized carbons (Fsp3) is 0.750. The molecule has 1 aliphatic heterocycles. The number of thiazole rings is 1. The summed E-state index contributed by atoms with van der Waals surface area (Å²) in [4.78, 5) is 7.62. The number of sulfonamides is 1. The number of rotatable bonds is 5. The van der Waals surface area contributed by atoms with E-state index in [0.717, 1.165) is 28.5 Å². The van der Waals surface area contributed by atoms with E-state index < -0.39 is 10.0 Å². The molecule has 0 radical (unpaired) electrons. The fourth-order valence-corrected chi connectivity index (χ4v) is 4.12. The summed E-state index contributed by atoms with van der Waals surface area (Å²) < 4.78 is 24.5. The van der Waals surface area contributed by atoms with Gasteiger partial charge in [0.1, 0.15) is 0 Å². The minimum atomic E-state index is -3.10. The molecule has 1 aliphatic rings. The number of nitrogens with zero attached hydrogens (tertiary/aromatic N) is 3. The van der Waals surface area contributed by atoms with E-state index in [4.69, 9.17) is 0 Å². The number of hydrogen-bond donors (Lipinski definition) is 1. The van der Waals surface area contributed by atoms with Gasteiger partial charge >= 0.3 is 0 Å². The molecule has 2 rings (SSSR count). The summed E-state index contributed by atoms with van der Waals surface area (Å²) in [6.45, 7) is 4.40. The van der Waals surface area contributed by atoms with Gasteiger partial charge in [0.05, 0.1) is 23.4 Å². The molecule has 1 aromatic heterocycles. The topological polar surface area (TPSA) is 73.7 Å². The summed E-state index contributed by atoms with van der Waals surface area (Å²) in [6, 6.07) is 0. The molecule has 0 bridgehead atoms. The number of anilines is 1. The molecule has 20 heavy (non-hydrogen) atoms. The van der Waals surface area contributed by atoms with E-state index in [9.17, 15) is 13.5 Å². The number of aromatic nitrogens is 1. The van der Waals surface area contributed by atoms with E-state index in [1.54, 1.807) is 0 Å². The first-order chi connectivity index (χ1) is 9.45. The third kappa shape index (κ3) is 3.49. The molecule has 0 spiro atoms. The maximum Gasteiger partial charge on any atom is 0.211 e. The SMILES string of the molecule is CCCc1nc(N2CCN(S(C)(=O)=O)CC2)sc1CO. The van der Waals surface area contributed by atoms with Crippen molar-refractivity contribution in [1.29, 1.82) is 0 Å². The lowest BCUT2D eigenvalue weighted by Gasteiger charge is -2.32. The van der Waals surface area contributed by atoms with E-state index in [2.05, 4.69) is 16.8 Å². The van der Waals surface area contributed by atoms with Crippen LogP contribution >= 0.6 is 11.3 Å². The third-order valence-electron chi connectivity index (χ3n) is 3.38. The maximum atomic E-state index is 11.5. The zero-order chi connectivity index (χ0) is 14.8. The molecule has 8 heteroatoms. The van der Waals surface area contributed by atoms with Crippen LogP contribution < -0.4 is 4.90 Å². The van der Waals surface area contributed by atoms with Crippen molar-refractivity contribution < 1.29 is 13.5 Å².